The number of aliphatic hydroxyl groups is 1. The van der Waals surface area contributed by atoms with Crippen molar-refractivity contribution in [3.63, 3.8) is 0 Å². The number of benzene rings is 5. The molecule has 0 fully saturated rings. The van der Waals surface area contributed by atoms with Crippen LogP contribution in [0.25, 0.3) is 11.1 Å². The van der Waals surface area contributed by atoms with Gasteiger partial charge in [0.25, 0.3) is 0 Å². The predicted molar refractivity (Wildman–Crippen MR) is 216 cm³/mol. The Bertz CT molecular complexity index is 2200. The van der Waals surface area contributed by atoms with Gasteiger partial charge in [-0.15, -0.1) is 0 Å². The van der Waals surface area contributed by atoms with E-state index in [0.29, 0.717) is 11.6 Å². The number of carboxylic acids is 1. The summed E-state index contributed by atoms with van der Waals surface area (Å²) in [5.74, 6) is -0.836. The second-order valence-electron chi connectivity index (χ2n) is 13.6. The van der Waals surface area contributed by atoms with Crippen LogP contribution in [0.2, 0.25) is 0 Å². The smallest absolute Gasteiger partial charge is 0.411 e. The van der Waals surface area contributed by atoms with Crippen LogP contribution in [0.4, 0.5) is 10.5 Å². The van der Waals surface area contributed by atoms with Crippen LogP contribution in [0.15, 0.2) is 151 Å². The van der Waals surface area contributed by atoms with E-state index in [1.54, 1.807) is 26.3 Å². The van der Waals surface area contributed by atoms with E-state index >= 15 is 0 Å². The lowest BCUT2D eigenvalue weighted by Gasteiger charge is -2.41. The van der Waals surface area contributed by atoms with Crippen molar-refractivity contribution in [2.24, 2.45) is 4.99 Å². The van der Waals surface area contributed by atoms with Crippen molar-refractivity contribution in [3.8, 4) is 16.9 Å². The molecule has 7 rings (SSSR count). The molecule has 57 heavy (non-hydrogen) atoms. The first kappa shape index (κ1) is 38.4. The minimum atomic E-state index is -1.52. The molecule has 290 valence electrons. The van der Waals surface area contributed by atoms with Gasteiger partial charge in [-0.05, 0) is 70.6 Å². The maximum absolute atomic E-state index is 14.3. The standard InChI is InChI=1S/C45H43N5O7/c1-30(49(45(55)57-3)43-37-20-12-10-18-35(37)36-19-11-13-21-38(36)43)48(29-41(52)53)40(51)28-47-27-26-39(46-44(47)54)50(33-22-24-34(56-2)25-23-33)42(31-14-6-4-7-15-31)32-16-8-5-9-17-32/h4-27,30,42-44,54H,28-29H2,1-3H3,(H,52,53). The van der Waals surface area contributed by atoms with Crippen molar-refractivity contribution in [2.45, 2.75) is 31.5 Å². The Morgan fingerprint density at radius 1 is 0.772 bits per heavy atom. The number of hydrogen-bond donors (Lipinski definition) is 2. The van der Waals surface area contributed by atoms with Crippen LogP contribution in [0.1, 0.15) is 41.3 Å². The number of aliphatic hydroxyl groups excluding tert-OH is 1. The van der Waals surface area contributed by atoms with E-state index in [1.807, 2.05) is 138 Å². The van der Waals surface area contributed by atoms with Crippen molar-refractivity contribution in [3.05, 3.63) is 168 Å². The number of hydrogen-bond acceptors (Lipinski definition) is 9. The summed E-state index contributed by atoms with van der Waals surface area (Å²) in [4.78, 5) is 50.7. The Morgan fingerprint density at radius 2 is 1.32 bits per heavy atom. The van der Waals surface area contributed by atoms with Crippen molar-refractivity contribution < 1.29 is 34.1 Å². The summed E-state index contributed by atoms with van der Waals surface area (Å²) in [6.07, 6.45) is -0.0623. The van der Waals surface area contributed by atoms with Gasteiger partial charge in [-0.3, -0.25) is 14.5 Å². The molecule has 5 aromatic carbocycles. The number of carbonyl (C=O) groups is 3. The molecule has 0 saturated heterocycles. The SMILES string of the molecule is COC(=O)N(C1c2ccccc2-c2ccccc21)C(C)N(CC(=O)O)C(=O)CN1C=CC(N(c2ccc(OC)cc2)C(c2ccccc2)c2ccccc2)=NC1O. The molecule has 5 aromatic rings. The lowest BCUT2D eigenvalue weighted by Crippen LogP contribution is -2.56. The fourth-order valence-corrected chi connectivity index (χ4v) is 7.65. The number of fused-ring (bicyclic) bond motifs is 3. The summed E-state index contributed by atoms with van der Waals surface area (Å²) in [5, 5.41) is 21.6. The second-order valence-corrected chi connectivity index (χ2v) is 13.6. The fourth-order valence-electron chi connectivity index (χ4n) is 7.65. The highest BCUT2D eigenvalue weighted by Gasteiger charge is 2.42. The monoisotopic (exact) mass is 765 g/mol. The first-order valence-corrected chi connectivity index (χ1v) is 18.5. The number of carbonyl (C=O) groups excluding carboxylic acids is 2. The zero-order chi connectivity index (χ0) is 40.1. The first-order chi connectivity index (χ1) is 27.7. The topological polar surface area (TPSA) is 135 Å². The van der Waals surface area contributed by atoms with E-state index in [2.05, 4.69) is 0 Å². The molecule has 2 atom stereocenters. The Labute approximate surface area is 331 Å². The van der Waals surface area contributed by atoms with E-state index in [1.165, 1.54) is 16.9 Å². The molecule has 1 heterocycles. The fraction of sp³-hybridized carbons (Fsp3) is 0.200. The predicted octanol–water partition coefficient (Wildman–Crippen LogP) is 6.89. The number of amides is 2. The van der Waals surface area contributed by atoms with Crippen LogP contribution in [-0.2, 0) is 14.3 Å². The van der Waals surface area contributed by atoms with Gasteiger partial charge in [0, 0.05) is 11.9 Å². The number of rotatable bonds is 12. The summed E-state index contributed by atoms with van der Waals surface area (Å²) in [5.41, 5.74) is 6.22. The molecular weight excluding hydrogens is 723 g/mol. The van der Waals surface area contributed by atoms with Gasteiger partial charge in [0.2, 0.25) is 12.3 Å². The highest BCUT2D eigenvalue weighted by Crippen LogP contribution is 2.47. The number of ether oxygens (including phenoxy) is 2. The van der Waals surface area contributed by atoms with Crippen molar-refractivity contribution >= 4 is 29.5 Å². The van der Waals surface area contributed by atoms with Gasteiger partial charge in [-0.1, -0.05) is 109 Å². The third-order valence-corrected chi connectivity index (χ3v) is 10.3. The molecule has 0 radical (unpaired) electrons. The van der Waals surface area contributed by atoms with Gasteiger partial charge < -0.3 is 34.4 Å². The Hall–Kier alpha value is -6.92. The Kier molecular flexibility index (Phi) is 11.3. The molecule has 12 nitrogen and oxygen atoms in total. The highest BCUT2D eigenvalue weighted by atomic mass is 16.5. The second kappa shape index (κ2) is 16.8. The summed E-state index contributed by atoms with van der Waals surface area (Å²) in [6, 6.07) is 41.7. The van der Waals surface area contributed by atoms with Gasteiger partial charge in [0.15, 0.2) is 0 Å². The summed E-state index contributed by atoms with van der Waals surface area (Å²) in [7, 11) is 2.85. The number of amidine groups is 1. The molecule has 2 N–H and O–H groups in total. The third-order valence-electron chi connectivity index (χ3n) is 10.3. The van der Waals surface area contributed by atoms with Gasteiger partial charge in [-0.2, -0.15) is 0 Å². The largest absolute Gasteiger partial charge is 0.497 e. The quantitative estimate of drug-likeness (QED) is 0.130. The Balaban J connectivity index is 1.20. The van der Waals surface area contributed by atoms with Crippen LogP contribution < -0.4 is 9.64 Å². The summed E-state index contributed by atoms with van der Waals surface area (Å²) in [6.45, 7) is 0.440. The molecule has 1 aliphatic carbocycles. The Morgan fingerprint density at radius 3 is 1.82 bits per heavy atom. The molecule has 0 saturated carbocycles. The first-order valence-electron chi connectivity index (χ1n) is 18.5. The maximum atomic E-state index is 14.3. The lowest BCUT2D eigenvalue weighted by molar-refractivity contribution is -0.150. The van der Waals surface area contributed by atoms with E-state index in [4.69, 9.17) is 14.5 Å². The summed E-state index contributed by atoms with van der Waals surface area (Å²) < 4.78 is 10.7. The number of aliphatic carboxylic acids is 1. The molecule has 0 spiro atoms. The van der Waals surface area contributed by atoms with Crippen LogP contribution in [-0.4, -0.2) is 88.5 Å². The van der Waals surface area contributed by atoms with Crippen LogP contribution in [0, 0.1) is 0 Å². The van der Waals surface area contributed by atoms with Crippen LogP contribution >= 0.6 is 0 Å². The number of nitrogens with zero attached hydrogens (tertiary/aromatic N) is 5. The van der Waals surface area contributed by atoms with Crippen molar-refractivity contribution in [2.75, 3.05) is 32.2 Å². The number of methoxy groups -OCH3 is 2. The third kappa shape index (κ3) is 7.80. The van der Waals surface area contributed by atoms with Crippen molar-refractivity contribution in [1.29, 1.82) is 0 Å². The lowest BCUT2D eigenvalue weighted by atomic mass is 9.96. The normalized spacial score (nSPS) is 14.9. The molecule has 0 aromatic heterocycles. The molecule has 1 aliphatic heterocycles. The number of carboxylic acid groups (broad SMARTS) is 1. The minimum absolute atomic E-state index is 0.369. The van der Waals surface area contributed by atoms with Gasteiger partial charge >= 0.3 is 12.1 Å². The van der Waals surface area contributed by atoms with E-state index in [0.717, 1.165) is 44.0 Å². The zero-order valence-corrected chi connectivity index (χ0v) is 31.8. The maximum Gasteiger partial charge on any atom is 0.411 e. The minimum Gasteiger partial charge on any atom is -0.497 e. The van der Waals surface area contributed by atoms with E-state index < -0.39 is 49.6 Å². The average Bonchev–Trinajstić information content (AvgIpc) is 3.57. The van der Waals surface area contributed by atoms with Gasteiger partial charge in [-0.25, -0.2) is 9.79 Å². The van der Waals surface area contributed by atoms with Crippen molar-refractivity contribution in [1.82, 2.24) is 14.7 Å². The number of anilines is 1. The molecule has 0 bridgehead atoms. The highest BCUT2D eigenvalue weighted by molar-refractivity contribution is 6.07. The molecule has 12 heteroatoms. The van der Waals surface area contributed by atoms with Crippen LogP contribution in [0.3, 0.4) is 0 Å². The van der Waals surface area contributed by atoms with E-state index in [-0.39, 0.29) is 6.04 Å². The van der Waals surface area contributed by atoms with Crippen LogP contribution in [0.5, 0.6) is 5.75 Å². The molecular formula is C45H43N5O7. The number of aliphatic imine (C=N–C) groups is 1. The molecule has 2 unspecified atom stereocenters. The molecule has 2 amide bonds. The van der Waals surface area contributed by atoms with Gasteiger partial charge in [0.1, 0.15) is 30.8 Å². The van der Waals surface area contributed by atoms with E-state index in [9.17, 15) is 24.6 Å². The average molecular weight is 766 g/mol. The molecule has 2 aliphatic rings. The van der Waals surface area contributed by atoms with Gasteiger partial charge in [0.05, 0.1) is 26.3 Å². The summed E-state index contributed by atoms with van der Waals surface area (Å²) >= 11 is 0. The zero-order valence-electron chi connectivity index (χ0n) is 31.8.